The second-order valence-electron chi connectivity index (χ2n) is 3.36. The molecule has 4 N–H and O–H groups in total. The van der Waals surface area contributed by atoms with Crippen LogP contribution in [-0.4, -0.2) is 23.9 Å². The molecule has 1 unspecified atom stereocenters. The quantitative estimate of drug-likeness (QED) is 0.662. The van der Waals surface area contributed by atoms with E-state index in [1.807, 2.05) is 0 Å². The lowest BCUT2D eigenvalue weighted by Gasteiger charge is -2.22. The number of aliphatic hydroxyl groups is 1. The van der Waals surface area contributed by atoms with Crippen LogP contribution < -0.4 is 10.5 Å². The molecule has 1 rings (SSSR count). The molecule has 0 radical (unpaired) electrons. The third kappa shape index (κ3) is 1.97. The molecule has 1 aromatic rings. The van der Waals surface area contributed by atoms with Gasteiger partial charge in [-0.3, -0.25) is 0 Å². The average Bonchev–Trinajstić information content (AvgIpc) is 2.18. The number of phenols is 1. The van der Waals surface area contributed by atoms with E-state index in [1.54, 1.807) is 19.1 Å². The van der Waals surface area contributed by atoms with E-state index in [-0.39, 0.29) is 12.3 Å². The first-order chi connectivity index (χ1) is 6.51. The Bertz CT molecular complexity index is 323. The number of benzene rings is 1. The first kappa shape index (κ1) is 10.8. The number of hydrogen-bond donors (Lipinski definition) is 3. The van der Waals surface area contributed by atoms with E-state index in [0.29, 0.717) is 11.3 Å². The molecule has 0 spiro atoms. The molecule has 78 valence electrons. The molecule has 0 aliphatic carbocycles. The zero-order chi connectivity index (χ0) is 10.8. The Labute approximate surface area is 82.9 Å². The van der Waals surface area contributed by atoms with E-state index in [4.69, 9.17) is 10.5 Å². The normalized spacial score (nSPS) is 14.9. The highest BCUT2D eigenvalue weighted by Crippen LogP contribution is 2.30. The number of phenolic OH excluding ortho intramolecular Hbond substituents is 1. The topological polar surface area (TPSA) is 75.7 Å². The zero-order valence-corrected chi connectivity index (χ0v) is 8.32. The fourth-order valence-corrected chi connectivity index (χ4v) is 1.13. The highest BCUT2D eigenvalue weighted by atomic mass is 16.5. The van der Waals surface area contributed by atoms with Crippen molar-refractivity contribution in [3.63, 3.8) is 0 Å². The Morgan fingerprint density at radius 3 is 2.64 bits per heavy atom. The summed E-state index contributed by atoms with van der Waals surface area (Å²) < 4.78 is 4.92. The molecule has 0 aliphatic rings. The van der Waals surface area contributed by atoms with Gasteiger partial charge in [0, 0.05) is 6.54 Å². The predicted molar refractivity (Wildman–Crippen MR) is 53.3 cm³/mol. The Morgan fingerprint density at radius 2 is 2.14 bits per heavy atom. The number of ether oxygens (including phenoxy) is 1. The SMILES string of the molecule is COc1cc(C(C)(O)CN)ccc1O. The van der Waals surface area contributed by atoms with Crippen molar-refractivity contribution in [3.05, 3.63) is 23.8 Å². The molecule has 4 nitrogen and oxygen atoms in total. The summed E-state index contributed by atoms with van der Waals surface area (Å²) in [6.07, 6.45) is 0. The molecule has 14 heavy (non-hydrogen) atoms. The molecule has 1 atom stereocenters. The first-order valence-electron chi connectivity index (χ1n) is 4.31. The maximum atomic E-state index is 9.84. The summed E-state index contributed by atoms with van der Waals surface area (Å²) in [7, 11) is 1.45. The van der Waals surface area contributed by atoms with E-state index in [9.17, 15) is 10.2 Å². The summed E-state index contributed by atoms with van der Waals surface area (Å²) in [5.74, 6) is 0.375. The van der Waals surface area contributed by atoms with Gasteiger partial charge in [-0.1, -0.05) is 6.07 Å². The molecule has 0 bridgehead atoms. The minimum Gasteiger partial charge on any atom is -0.504 e. The van der Waals surface area contributed by atoms with Gasteiger partial charge in [0.15, 0.2) is 11.5 Å². The van der Waals surface area contributed by atoms with Crippen LogP contribution in [0.4, 0.5) is 0 Å². The van der Waals surface area contributed by atoms with Crippen LogP contribution in [0.3, 0.4) is 0 Å². The Kier molecular flexibility index (Phi) is 2.98. The fourth-order valence-electron chi connectivity index (χ4n) is 1.13. The van der Waals surface area contributed by atoms with Crippen LogP contribution in [0.15, 0.2) is 18.2 Å². The van der Waals surface area contributed by atoms with Crippen molar-refractivity contribution in [1.29, 1.82) is 0 Å². The maximum absolute atomic E-state index is 9.84. The third-order valence-corrected chi connectivity index (χ3v) is 2.20. The molecule has 0 amide bonds. The number of nitrogens with two attached hydrogens (primary N) is 1. The summed E-state index contributed by atoms with van der Waals surface area (Å²) in [5.41, 5.74) is 4.94. The van der Waals surface area contributed by atoms with E-state index in [1.165, 1.54) is 13.2 Å². The van der Waals surface area contributed by atoms with Crippen molar-refractivity contribution in [2.75, 3.05) is 13.7 Å². The van der Waals surface area contributed by atoms with Gasteiger partial charge in [0.05, 0.1) is 12.7 Å². The van der Waals surface area contributed by atoms with Crippen LogP contribution >= 0.6 is 0 Å². The Hall–Kier alpha value is -1.26. The summed E-state index contributed by atoms with van der Waals surface area (Å²) in [6, 6.07) is 4.66. The summed E-state index contributed by atoms with van der Waals surface area (Å²) in [4.78, 5) is 0. The van der Waals surface area contributed by atoms with Gasteiger partial charge in [-0.25, -0.2) is 0 Å². The van der Waals surface area contributed by atoms with Crippen LogP contribution in [0.5, 0.6) is 11.5 Å². The van der Waals surface area contributed by atoms with Crippen LogP contribution in [0.2, 0.25) is 0 Å². The molecular formula is C10H15NO3. The maximum Gasteiger partial charge on any atom is 0.160 e. The lowest BCUT2D eigenvalue weighted by molar-refractivity contribution is 0.0665. The lowest BCUT2D eigenvalue weighted by atomic mass is 9.96. The van der Waals surface area contributed by atoms with Gasteiger partial charge in [0.25, 0.3) is 0 Å². The molecule has 0 fully saturated rings. The Balaban J connectivity index is 3.12. The van der Waals surface area contributed by atoms with Crippen molar-refractivity contribution < 1.29 is 14.9 Å². The molecule has 4 heteroatoms. The summed E-state index contributed by atoms with van der Waals surface area (Å²) >= 11 is 0. The number of methoxy groups -OCH3 is 1. The highest BCUT2D eigenvalue weighted by Gasteiger charge is 2.22. The van der Waals surface area contributed by atoms with Gasteiger partial charge in [0.2, 0.25) is 0 Å². The molecule has 0 saturated heterocycles. The third-order valence-electron chi connectivity index (χ3n) is 2.20. The predicted octanol–water partition coefficient (Wildman–Crippen LogP) is 0.567. The smallest absolute Gasteiger partial charge is 0.160 e. The number of aromatic hydroxyl groups is 1. The highest BCUT2D eigenvalue weighted by molar-refractivity contribution is 5.43. The molecule has 0 heterocycles. The monoisotopic (exact) mass is 197 g/mol. The Morgan fingerprint density at radius 1 is 1.50 bits per heavy atom. The molecule has 0 saturated carbocycles. The van der Waals surface area contributed by atoms with Crippen LogP contribution in [0.1, 0.15) is 12.5 Å². The van der Waals surface area contributed by atoms with Crippen LogP contribution in [-0.2, 0) is 5.60 Å². The molecule has 0 aromatic heterocycles. The first-order valence-corrected chi connectivity index (χ1v) is 4.31. The average molecular weight is 197 g/mol. The van der Waals surface area contributed by atoms with E-state index >= 15 is 0 Å². The van der Waals surface area contributed by atoms with Gasteiger partial charge < -0.3 is 20.7 Å². The van der Waals surface area contributed by atoms with Gasteiger partial charge in [-0.15, -0.1) is 0 Å². The van der Waals surface area contributed by atoms with Gasteiger partial charge in [0.1, 0.15) is 0 Å². The van der Waals surface area contributed by atoms with Gasteiger partial charge in [-0.2, -0.15) is 0 Å². The van der Waals surface area contributed by atoms with Crippen LogP contribution in [0.25, 0.3) is 0 Å². The largest absolute Gasteiger partial charge is 0.504 e. The van der Waals surface area contributed by atoms with E-state index in [0.717, 1.165) is 0 Å². The minimum absolute atomic E-state index is 0.0454. The van der Waals surface area contributed by atoms with E-state index in [2.05, 4.69) is 0 Å². The van der Waals surface area contributed by atoms with Gasteiger partial charge in [-0.05, 0) is 24.6 Å². The number of hydrogen-bond acceptors (Lipinski definition) is 4. The lowest BCUT2D eigenvalue weighted by Crippen LogP contribution is -2.31. The van der Waals surface area contributed by atoms with Crippen molar-refractivity contribution in [2.24, 2.45) is 5.73 Å². The van der Waals surface area contributed by atoms with Crippen molar-refractivity contribution in [2.45, 2.75) is 12.5 Å². The second kappa shape index (κ2) is 3.86. The van der Waals surface area contributed by atoms with Crippen molar-refractivity contribution in [1.82, 2.24) is 0 Å². The fraction of sp³-hybridized carbons (Fsp3) is 0.400. The molecule has 1 aromatic carbocycles. The van der Waals surface area contributed by atoms with Crippen molar-refractivity contribution in [3.8, 4) is 11.5 Å². The summed E-state index contributed by atoms with van der Waals surface area (Å²) in [5, 5.41) is 19.2. The zero-order valence-electron chi connectivity index (χ0n) is 8.32. The minimum atomic E-state index is -1.10. The standard InChI is InChI=1S/C10H15NO3/c1-10(13,6-11)7-3-4-8(12)9(5-7)14-2/h3-5,12-13H,6,11H2,1-2H3. The number of rotatable bonds is 3. The van der Waals surface area contributed by atoms with E-state index < -0.39 is 5.60 Å². The second-order valence-corrected chi connectivity index (χ2v) is 3.36. The van der Waals surface area contributed by atoms with Crippen LogP contribution in [0, 0.1) is 0 Å². The molecular weight excluding hydrogens is 182 g/mol. The van der Waals surface area contributed by atoms with Gasteiger partial charge >= 0.3 is 0 Å². The summed E-state index contributed by atoms with van der Waals surface area (Å²) in [6.45, 7) is 1.72. The van der Waals surface area contributed by atoms with Crippen molar-refractivity contribution >= 4 is 0 Å². The molecule has 0 aliphatic heterocycles.